The van der Waals surface area contributed by atoms with Crippen molar-refractivity contribution in [2.24, 2.45) is 0 Å². The fraction of sp³-hybridized carbons (Fsp3) is 0.448. The van der Waals surface area contributed by atoms with E-state index in [1.165, 1.54) is 19.1 Å². The van der Waals surface area contributed by atoms with Gasteiger partial charge in [-0.3, -0.25) is 9.59 Å². The molecule has 3 rings (SSSR count). The number of aliphatic hydroxyl groups is 1. The molecule has 0 saturated carbocycles. The predicted molar refractivity (Wildman–Crippen MR) is 149 cm³/mol. The van der Waals surface area contributed by atoms with Crippen LogP contribution in [0.5, 0.6) is 5.75 Å². The first kappa shape index (κ1) is 33.0. The van der Waals surface area contributed by atoms with Crippen molar-refractivity contribution in [3.63, 3.8) is 0 Å². The second kappa shape index (κ2) is 16.8. The van der Waals surface area contributed by atoms with E-state index in [0.717, 1.165) is 12.7 Å². The molecule has 2 aromatic carbocycles. The first-order chi connectivity index (χ1) is 18.2. The van der Waals surface area contributed by atoms with Gasteiger partial charge in [-0.15, -0.1) is 0 Å². The largest absolute Gasteiger partial charge is 0.494 e. The van der Waals surface area contributed by atoms with Crippen LogP contribution >= 0.6 is 0 Å². The van der Waals surface area contributed by atoms with E-state index in [2.05, 4.69) is 11.9 Å². The Kier molecular flexibility index (Phi) is 14.6. The number of nitrogens with one attached hydrogen (secondary N) is 1. The number of rotatable bonds is 11. The molecule has 38 heavy (non-hydrogen) atoms. The lowest BCUT2D eigenvalue weighted by atomic mass is 9.95. The van der Waals surface area contributed by atoms with Crippen molar-refractivity contribution >= 4 is 21.5 Å². The van der Waals surface area contributed by atoms with Gasteiger partial charge in [0.2, 0.25) is 5.91 Å². The van der Waals surface area contributed by atoms with Crippen molar-refractivity contribution in [3.8, 4) is 5.75 Å². The summed E-state index contributed by atoms with van der Waals surface area (Å²) >= 11 is 0. The molecule has 1 aliphatic rings. The van der Waals surface area contributed by atoms with Gasteiger partial charge in [-0.25, -0.2) is 8.42 Å². The van der Waals surface area contributed by atoms with Crippen LogP contribution in [0.1, 0.15) is 52.0 Å². The fourth-order valence-electron chi connectivity index (χ4n) is 4.02. The SMILES string of the molecule is C=C(Cc1ccccc1)NC(=O)CCCOc1ccc(S(=O)(=O)C2(C(C)=O)CCOCC2)cc1.CC.CO. The summed E-state index contributed by atoms with van der Waals surface area (Å²) in [5, 5.41) is 9.80. The predicted octanol–water partition coefficient (Wildman–Crippen LogP) is 4.26. The van der Waals surface area contributed by atoms with E-state index in [0.29, 0.717) is 30.9 Å². The summed E-state index contributed by atoms with van der Waals surface area (Å²) in [7, 11) is -2.86. The van der Waals surface area contributed by atoms with Gasteiger partial charge in [0.15, 0.2) is 15.6 Å². The Morgan fingerprint density at radius 1 is 1.03 bits per heavy atom. The lowest BCUT2D eigenvalue weighted by Crippen LogP contribution is -2.49. The zero-order valence-electron chi connectivity index (χ0n) is 22.9. The Labute approximate surface area is 227 Å². The molecule has 0 aliphatic carbocycles. The monoisotopic (exact) mass is 547 g/mol. The van der Waals surface area contributed by atoms with Gasteiger partial charge in [-0.1, -0.05) is 50.8 Å². The molecule has 0 unspecified atom stereocenters. The Morgan fingerprint density at radius 3 is 2.16 bits per heavy atom. The fourth-order valence-corrected chi connectivity index (χ4v) is 6.05. The van der Waals surface area contributed by atoms with Crippen LogP contribution < -0.4 is 10.1 Å². The number of hydrogen-bond donors (Lipinski definition) is 2. The van der Waals surface area contributed by atoms with E-state index in [-0.39, 0.29) is 49.1 Å². The molecule has 1 heterocycles. The Balaban J connectivity index is 0.00000172. The molecular formula is C29H41NO7S. The number of allylic oxidation sites excluding steroid dienone is 1. The van der Waals surface area contributed by atoms with Crippen LogP contribution in [0.25, 0.3) is 0 Å². The number of amides is 1. The number of carbonyl (C=O) groups excluding carboxylic acids is 2. The first-order valence-corrected chi connectivity index (χ1v) is 14.3. The van der Waals surface area contributed by atoms with E-state index in [1.54, 1.807) is 12.1 Å². The number of ether oxygens (including phenoxy) is 2. The van der Waals surface area contributed by atoms with Crippen LogP contribution in [0.3, 0.4) is 0 Å². The molecular weight excluding hydrogens is 506 g/mol. The number of aliphatic hydroxyl groups excluding tert-OH is 1. The molecule has 1 amide bonds. The summed E-state index contributed by atoms with van der Waals surface area (Å²) < 4.78 is 36.0. The molecule has 210 valence electrons. The highest BCUT2D eigenvalue weighted by Crippen LogP contribution is 2.36. The van der Waals surface area contributed by atoms with Gasteiger partial charge in [0.1, 0.15) is 10.5 Å². The molecule has 0 aromatic heterocycles. The zero-order chi connectivity index (χ0) is 28.6. The summed E-state index contributed by atoms with van der Waals surface area (Å²) in [5.41, 5.74) is 1.72. The highest BCUT2D eigenvalue weighted by atomic mass is 32.2. The topological polar surface area (TPSA) is 119 Å². The molecule has 1 aliphatic heterocycles. The van der Waals surface area contributed by atoms with E-state index < -0.39 is 14.6 Å². The maximum atomic E-state index is 13.2. The Hall–Kier alpha value is -3.01. The summed E-state index contributed by atoms with van der Waals surface area (Å²) in [6.45, 7) is 10.0. The van der Waals surface area contributed by atoms with Crippen molar-refractivity contribution < 1.29 is 32.6 Å². The van der Waals surface area contributed by atoms with Gasteiger partial charge in [0.25, 0.3) is 0 Å². The molecule has 0 spiro atoms. The minimum Gasteiger partial charge on any atom is -0.494 e. The van der Waals surface area contributed by atoms with Crippen LogP contribution in [0.4, 0.5) is 0 Å². The van der Waals surface area contributed by atoms with E-state index in [9.17, 15) is 18.0 Å². The summed E-state index contributed by atoms with van der Waals surface area (Å²) in [6, 6.07) is 15.8. The van der Waals surface area contributed by atoms with Crippen molar-refractivity contribution in [1.29, 1.82) is 0 Å². The maximum Gasteiger partial charge on any atom is 0.224 e. The number of hydrogen-bond acceptors (Lipinski definition) is 7. The van der Waals surface area contributed by atoms with Crippen LogP contribution in [0.2, 0.25) is 0 Å². The van der Waals surface area contributed by atoms with Crippen molar-refractivity contribution in [3.05, 3.63) is 72.4 Å². The van der Waals surface area contributed by atoms with Gasteiger partial charge in [-0.2, -0.15) is 0 Å². The average molecular weight is 548 g/mol. The molecule has 2 aromatic rings. The molecule has 1 saturated heterocycles. The third-order valence-corrected chi connectivity index (χ3v) is 8.60. The molecule has 1 fully saturated rings. The Bertz CT molecular complexity index is 1110. The maximum absolute atomic E-state index is 13.2. The van der Waals surface area contributed by atoms with Crippen molar-refractivity contribution in [1.82, 2.24) is 5.32 Å². The molecule has 2 N–H and O–H groups in total. The number of carbonyl (C=O) groups is 2. The van der Waals surface area contributed by atoms with Crippen LogP contribution in [-0.2, 0) is 30.6 Å². The lowest BCUT2D eigenvalue weighted by Gasteiger charge is -2.34. The molecule has 0 atom stereocenters. The summed E-state index contributed by atoms with van der Waals surface area (Å²) in [6.07, 6.45) is 1.67. The third kappa shape index (κ3) is 9.08. The highest BCUT2D eigenvalue weighted by Gasteiger charge is 2.49. The van der Waals surface area contributed by atoms with E-state index in [4.69, 9.17) is 14.6 Å². The van der Waals surface area contributed by atoms with Crippen molar-refractivity contribution in [2.45, 2.75) is 62.5 Å². The van der Waals surface area contributed by atoms with E-state index in [1.807, 2.05) is 44.2 Å². The quantitative estimate of drug-likeness (QED) is 0.403. The zero-order valence-corrected chi connectivity index (χ0v) is 23.7. The second-order valence-electron chi connectivity index (χ2n) is 8.40. The average Bonchev–Trinajstić information content (AvgIpc) is 2.94. The number of Topliss-reactive ketones (excluding diaryl/α,β-unsaturated/α-hetero) is 1. The summed E-state index contributed by atoms with van der Waals surface area (Å²) in [4.78, 5) is 24.5. The van der Waals surface area contributed by atoms with Crippen molar-refractivity contribution in [2.75, 3.05) is 26.9 Å². The minimum absolute atomic E-state index is 0.0910. The second-order valence-corrected chi connectivity index (χ2v) is 10.7. The van der Waals surface area contributed by atoms with Gasteiger partial charge in [0, 0.05) is 38.9 Å². The van der Waals surface area contributed by atoms with Gasteiger partial charge >= 0.3 is 0 Å². The Morgan fingerprint density at radius 2 is 1.61 bits per heavy atom. The molecule has 0 radical (unpaired) electrons. The number of ketones is 1. The third-order valence-electron chi connectivity index (χ3n) is 5.98. The first-order valence-electron chi connectivity index (χ1n) is 12.8. The van der Waals surface area contributed by atoms with Gasteiger partial charge < -0.3 is 19.9 Å². The standard InChI is InChI=1S/C26H31NO6S.C2H6.CH4O/c1-20(19-22-7-4-3-5-8-22)27-25(29)9-6-16-33-23-10-12-24(13-11-23)34(30,31)26(21(2)28)14-17-32-18-15-26;2*1-2/h3-5,7-8,10-13H,1,6,9,14-19H2,2H3,(H,27,29);1-2H3;2H,1H3. The molecule has 8 nitrogen and oxygen atoms in total. The minimum atomic E-state index is -3.86. The van der Waals surface area contributed by atoms with Gasteiger partial charge in [-0.05, 0) is 56.0 Å². The number of sulfone groups is 1. The molecule has 9 heteroatoms. The highest BCUT2D eigenvalue weighted by molar-refractivity contribution is 7.93. The van der Waals surface area contributed by atoms with Gasteiger partial charge in [0.05, 0.1) is 11.5 Å². The van der Waals surface area contributed by atoms with Crippen LogP contribution in [0, 0.1) is 0 Å². The normalized spacial score (nSPS) is 14.0. The summed E-state index contributed by atoms with van der Waals surface area (Å²) in [5.74, 6) is 0.00881. The van der Waals surface area contributed by atoms with Crippen LogP contribution in [-0.4, -0.2) is 56.9 Å². The molecule has 0 bridgehead atoms. The van der Waals surface area contributed by atoms with Crippen LogP contribution in [0.15, 0.2) is 71.8 Å². The lowest BCUT2D eigenvalue weighted by molar-refractivity contribution is -0.122. The van der Waals surface area contributed by atoms with E-state index >= 15 is 0 Å². The number of benzene rings is 2. The smallest absolute Gasteiger partial charge is 0.224 e.